The molecular weight excluding hydrogens is 352 g/mol. The summed E-state index contributed by atoms with van der Waals surface area (Å²) in [4.78, 5) is 11.0. The number of rotatable bonds is 3. The predicted octanol–water partition coefficient (Wildman–Crippen LogP) is 4.54. The Kier molecular flexibility index (Phi) is 5.19. The van der Waals surface area contributed by atoms with E-state index < -0.39 is 5.97 Å². The van der Waals surface area contributed by atoms with Crippen molar-refractivity contribution in [2.24, 2.45) is 34.5 Å². The maximum Gasteiger partial charge on any atom is 0.303 e. The van der Waals surface area contributed by atoms with Gasteiger partial charge < -0.3 is 15.3 Å². The van der Waals surface area contributed by atoms with Crippen molar-refractivity contribution in [2.75, 3.05) is 0 Å². The fourth-order valence-corrected chi connectivity index (χ4v) is 8.16. The zero-order chi connectivity index (χ0) is 20.3. The minimum absolute atomic E-state index is 0.127. The molecule has 0 aromatic rings. The van der Waals surface area contributed by atoms with Crippen LogP contribution in [-0.2, 0) is 4.79 Å². The molecule has 0 heterocycles. The largest absolute Gasteiger partial charge is 0.481 e. The van der Waals surface area contributed by atoms with E-state index in [1.807, 2.05) is 0 Å². The Morgan fingerprint density at radius 3 is 2.50 bits per heavy atom. The Morgan fingerprint density at radius 2 is 1.79 bits per heavy atom. The van der Waals surface area contributed by atoms with E-state index in [0.717, 1.165) is 51.4 Å². The SMILES string of the molecule is C/C(CCC(=O)O)=C1/CCC2[C@@H]3[C@H](O)C[C@@H]4C[C@H](O)CC[C@]4(C)[C@H]3CC[C@]12C. The van der Waals surface area contributed by atoms with Crippen molar-refractivity contribution in [1.82, 2.24) is 0 Å². The van der Waals surface area contributed by atoms with Crippen LogP contribution in [0.15, 0.2) is 11.1 Å². The highest BCUT2D eigenvalue weighted by molar-refractivity contribution is 5.67. The Labute approximate surface area is 169 Å². The van der Waals surface area contributed by atoms with Crippen molar-refractivity contribution in [1.29, 1.82) is 0 Å². The number of carboxylic acids is 1. The number of aliphatic carboxylic acids is 1. The number of carbonyl (C=O) groups is 1. The molecule has 4 fully saturated rings. The molecule has 0 saturated heterocycles. The molecule has 4 rings (SSSR count). The van der Waals surface area contributed by atoms with Crippen LogP contribution in [0.3, 0.4) is 0 Å². The molecule has 1 unspecified atom stereocenters. The lowest BCUT2D eigenvalue weighted by atomic mass is 9.44. The minimum Gasteiger partial charge on any atom is -0.481 e. The van der Waals surface area contributed by atoms with Gasteiger partial charge in [0, 0.05) is 6.42 Å². The third-order valence-corrected chi connectivity index (χ3v) is 9.67. The van der Waals surface area contributed by atoms with Gasteiger partial charge in [-0.3, -0.25) is 4.79 Å². The van der Waals surface area contributed by atoms with Gasteiger partial charge >= 0.3 is 5.97 Å². The van der Waals surface area contributed by atoms with Crippen molar-refractivity contribution in [3.8, 4) is 0 Å². The molecule has 4 nitrogen and oxygen atoms in total. The number of hydrogen-bond donors (Lipinski definition) is 3. The molecule has 0 aromatic heterocycles. The summed E-state index contributed by atoms with van der Waals surface area (Å²) in [5.74, 6) is 1.17. The number of hydrogen-bond acceptors (Lipinski definition) is 3. The Morgan fingerprint density at radius 1 is 1.04 bits per heavy atom. The Hall–Kier alpha value is -0.870. The zero-order valence-corrected chi connectivity index (χ0v) is 17.8. The van der Waals surface area contributed by atoms with Gasteiger partial charge in [-0.15, -0.1) is 0 Å². The summed E-state index contributed by atoms with van der Waals surface area (Å²) in [6.07, 6.45) is 8.67. The molecule has 0 radical (unpaired) electrons. The molecule has 28 heavy (non-hydrogen) atoms. The van der Waals surface area contributed by atoms with Crippen molar-refractivity contribution in [3.63, 3.8) is 0 Å². The molecule has 0 bridgehead atoms. The van der Waals surface area contributed by atoms with E-state index in [1.54, 1.807) is 0 Å². The van der Waals surface area contributed by atoms with Crippen LogP contribution in [0, 0.1) is 34.5 Å². The lowest BCUT2D eigenvalue weighted by molar-refractivity contribution is -0.164. The summed E-state index contributed by atoms with van der Waals surface area (Å²) >= 11 is 0. The standard InChI is InChI=1S/C24H38O4/c1-14(4-7-21(27)28)17-5-6-18-22-19(9-11-24(17,18)3)23(2)10-8-16(25)12-15(23)13-20(22)26/h15-16,18-20,22,25-26H,4-13H2,1-3H3,(H,27,28)/b17-14+/t15-,16+,18?,19-,20+,22-,23-,24+/m0/s1. The molecule has 0 spiro atoms. The molecule has 0 aliphatic heterocycles. The first-order valence-corrected chi connectivity index (χ1v) is 11.4. The normalized spacial score (nSPS) is 49.8. The highest BCUT2D eigenvalue weighted by atomic mass is 16.4. The molecule has 4 aliphatic rings. The van der Waals surface area contributed by atoms with Crippen LogP contribution in [0.25, 0.3) is 0 Å². The van der Waals surface area contributed by atoms with Gasteiger partial charge in [-0.05, 0) is 99.2 Å². The van der Waals surface area contributed by atoms with E-state index in [2.05, 4.69) is 20.8 Å². The molecule has 0 aromatic carbocycles. The van der Waals surface area contributed by atoms with Crippen LogP contribution in [0.5, 0.6) is 0 Å². The van der Waals surface area contributed by atoms with Crippen molar-refractivity contribution >= 4 is 5.97 Å². The highest BCUT2D eigenvalue weighted by Crippen LogP contribution is 2.67. The fourth-order valence-electron chi connectivity index (χ4n) is 8.16. The maximum atomic E-state index is 11.2. The van der Waals surface area contributed by atoms with Crippen LogP contribution >= 0.6 is 0 Å². The Balaban J connectivity index is 1.62. The second-order valence-corrected chi connectivity index (χ2v) is 10.9. The summed E-state index contributed by atoms with van der Waals surface area (Å²) < 4.78 is 0. The average Bonchev–Trinajstić information content (AvgIpc) is 2.98. The van der Waals surface area contributed by atoms with Crippen molar-refractivity contribution in [3.05, 3.63) is 11.1 Å². The second-order valence-electron chi connectivity index (χ2n) is 10.9. The second kappa shape index (κ2) is 7.12. The van der Waals surface area contributed by atoms with Crippen molar-refractivity contribution in [2.45, 2.75) is 97.2 Å². The summed E-state index contributed by atoms with van der Waals surface area (Å²) in [5, 5.41) is 30.5. The first kappa shape index (κ1) is 20.4. The smallest absolute Gasteiger partial charge is 0.303 e. The van der Waals surface area contributed by atoms with E-state index in [1.165, 1.54) is 11.1 Å². The van der Waals surface area contributed by atoms with Gasteiger partial charge in [0.25, 0.3) is 0 Å². The van der Waals surface area contributed by atoms with E-state index in [-0.39, 0.29) is 29.5 Å². The topological polar surface area (TPSA) is 77.8 Å². The predicted molar refractivity (Wildman–Crippen MR) is 109 cm³/mol. The van der Waals surface area contributed by atoms with Gasteiger partial charge in [0.15, 0.2) is 0 Å². The van der Waals surface area contributed by atoms with Gasteiger partial charge in [-0.25, -0.2) is 0 Å². The van der Waals surface area contributed by atoms with Crippen LogP contribution in [-0.4, -0.2) is 33.5 Å². The third-order valence-electron chi connectivity index (χ3n) is 9.67. The van der Waals surface area contributed by atoms with Gasteiger partial charge in [0.2, 0.25) is 0 Å². The summed E-state index contributed by atoms with van der Waals surface area (Å²) in [7, 11) is 0. The number of aliphatic hydroxyl groups excluding tert-OH is 2. The lowest BCUT2D eigenvalue weighted by Gasteiger charge is -2.61. The summed E-state index contributed by atoms with van der Waals surface area (Å²) in [6, 6.07) is 0. The van der Waals surface area contributed by atoms with E-state index in [0.29, 0.717) is 30.1 Å². The maximum absolute atomic E-state index is 11.2. The van der Waals surface area contributed by atoms with E-state index in [9.17, 15) is 15.0 Å². The van der Waals surface area contributed by atoms with E-state index >= 15 is 0 Å². The van der Waals surface area contributed by atoms with Gasteiger partial charge in [0.1, 0.15) is 0 Å². The molecule has 158 valence electrons. The summed E-state index contributed by atoms with van der Waals surface area (Å²) in [5.41, 5.74) is 3.16. The van der Waals surface area contributed by atoms with Crippen LogP contribution in [0.1, 0.15) is 85.0 Å². The first-order valence-electron chi connectivity index (χ1n) is 11.4. The molecule has 4 aliphatic carbocycles. The first-order chi connectivity index (χ1) is 13.2. The average molecular weight is 391 g/mol. The van der Waals surface area contributed by atoms with Gasteiger partial charge in [-0.1, -0.05) is 25.0 Å². The van der Waals surface area contributed by atoms with Gasteiger partial charge in [0.05, 0.1) is 12.2 Å². The molecular formula is C24H38O4. The quantitative estimate of drug-likeness (QED) is 0.618. The molecule has 4 saturated carbocycles. The fraction of sp³-hybridized carbons (Fsp3) is 0.875. The van der Waals surface area contributed by atoms with Crippen molar-refractivity contribution < 1.29 is 20.1 Å². The van der Waals surface area contributed by atoms with Crippen LogP contribution in [0.2, 0.25) is 0 Å². The lowest BCUT2D eigenvalue weighted by Crippen LogP contribution is -2.58. The van der Waals surface area contributed by atoms with Crippen LogP contribution in [0.4, 0.5) is 0 Å². The zero-order valence-electron chi connectivity index (χ0n) is 17.8. The monoisotopic (exact) mass is 390 g/mol. The Bertz CT molecular complexity index is 670. The summed E-state index contributed by atoms with van der Waals surface area (Å²) in [6.45, 7) is 6.97. The molecule has 3 N–H and O–H groups in total. The third kappa shape index (κ3) is 3.06. The number of fused-ring (bicyclic) bond motifs is 5. The number of aliphatic hydroxyl groups is 2. The van der Waals surface area contributed by atoms with Crippen LogP contribution < -0.4 is 0 Å². The van der Waals surface area contributed by atoms with Gasteiger partial charge in [-0.2, -0.15) is 0 Å². The van der Waals surface area contributed by atoms with E-state index in [4.69, 9.17) is 5.11 Å². The molecule has 4 heteroatoms. The number of allylic oxidation sites excluding steroid dienone is 2. The number of carboxylic acid groups (broad SMARTS) is 1. The molecule has 8 atom stereocenters. The molecule has 0 amide bonds. The minimum atomic E-state index is -0.718. The highest BCUT2D eigenvalue weighted by Gasteiger charge is 2.61.